The molecule has 0 unspecified atom stereocenters. The summed E-state index contributed by atoms with van der Waals surface area (Å²) in [7, 11) is 2.16. The Labute approximate surface area is 138 Å². The Kier molecular flexibility index (Phi) is 2.90. The molecule has 4 aromatic heterocycles. The summed E-state index contributed by atoms with van der Waals surface area (Å²) in [5, 5.41) is 1.06. The highest BCUT2D eigenvalue weighted by Crippen LogP contribution is 2.33. The number of likely N-dealkylation sites (N-methyl/N-ethyl adjacent to an activating group) is 1. The van der Waals surface area contributed by atoms with Crippen molar-refractivity contribution in [2.45, 2.75) is 0 Å². The van der Waals surface area contributed by atoms with Crippen LogP contribution in [0.15, 0.2) is 37.1 Å². The lowest BCUT2D eigenvalue weighted by atomic mass is 10.1. The first-order chi connectivity index (χ1) is 11.8. The quantitative estimate of drug-likeness (QED) is 0.531. The van der Waals surface area contributed by atoms with Gasteiger partial charge in [-0.25, -0.2) is 9.97 Å². The Bertz CT molecular complexity index is 1050. The number of aromatic nitrogens is 5. The molecular weight excluding hydrogens is 302 g/mol. The third-order valence-corrected chi connectivity index (χ3v) is 4.73. The van der Waals surface area contributed by atoms with Gasteiger partial charge in [-0.05, 0) is 13.1 Å². The minimum atomic E-state index is 0.818. The van der Waals surface area contributed by atoms with E-state index in [9.17, 15) is 0 Å². The molecule has 0 radical (unpaired) electrons. The molecule has 0 aromatic carbocycles. The van der Waals surface area contributed by atoms with Gasteiger partial charge in [-0.3, -0.25) is 14.4 Å². The van der Waals surface area contributed by atoms with Gasteiger partial charge >= 0.3 is 0 Å². The topological polar surface area (TPSA) is 62.5 Å². The Morgan fingerprint density at radius 1 is 0.958 bits per heavy atom. The molecule has 1 aliphatic heterocycles. The third kappa shape index (κ3) is 1.94. The monoisotopic (exact) mass is 319 g/mol. The van der Waals surface area contributed by atoms with Crippen LogP contribution in [0.1, 0.15) is 0 Å². The lowest BCUT2D eigenvalue weighted by Crippen LogP contribution is -2.44. The van der Waals surface area contributed by atoms with Crippen LogP contribution in [0.25, 0.3) is 27.7 Å². The molecule has 0 aliphatic carbocycles. The van der Waals surface area contributed by atoms with Gasteiger partial charge in [0.05, 0.1) is 17.4 Å². The zero-order valence-corrected chi connectivity index (χ0v) is 13.4. The Morgan fingerprint density at radius 2 is 1.79 bits per heavy atom. The van der Waals surface area contributed by atoms with Crippen LogP contribution in [0.4, 0.5) is 5.69 Å². The summed E-state index contributed by atoms with van der Waals surface area (Å²) in [6.45, 7) is 4.04. The lowest BCUT2D eigenvalue weighted by Gasteiger charge is -2.34. The number of anilines is 1. The van der Waals surface area contributed by atoms with Crippen LogP contribution >= 0.6 is 0 Å². The van der Waals surface area contributed by atoms with E-state index in [0.29, 0.717) is 0 Å². The first-order valence-electron chi connectivity index (χ1n) is 8.10. The number of hydrogen-bond acceptors (Lipinski definition) is 6. The molecule has 120 valence electrons. The second kappa shape index (κ2) is 5.10. The predicted molar refractivity (Wildman–Crippen MR) is 93.3 cm³/mol. The van der Waals surface area contributed by atoms with Crippen LogP contribution in [0.5, 0.6) is 0 Å². The van der Waals surface area contributed by atoms with Crippen LogP contribution in [0.2, 0.25) is 0 Å². The van der Waals surface area contributed by atoms with Gasteiger partial charge in [-0.1, -0.05) is 0 Å². The number of imidazole rings is 1. The van der Waals surface area contributed by atoms with Crippen LogP contribution in [-0.2, 0) is 0 Å². The van der Waals surface area contributed by atoms with Crippen molar-refractivity contribution >= 4 is 33.4 Å². The van der Waals surface area contributed by atoms with E-state index < -0.39 is 0 Å². The van der Waals surface area contributed by atoms with Crippen LogP contribution in [0.3, 0.4) is 0 Å². The average Bonchev–Trinajstić information content (AvgIpc) is 2.99. The lowest BCUT2D eigenvalue weighted by molar-refractivity contribution is 0.313. The van der Waals surface area contributed by atoms with Crippen molar-refractivity contribution in [3.05, 3.63) is 37.1 Å². The molecule has 5 rings (SSSR count). The Morgan fingerprint density at radius 3 is 2.67 bits per heavy atom. The number of rotatable bonds is 1. The minimum Gasteiger partial charge on any atom is -0.367 e. The summed E-state index contributed by atoms with van der Waals surface area (Å²) in [5.41, 5.74) is 4.71. The van der Waals surface area contributed by atoms with Crippen LogP contribution in [-0.4, -0.2) is 62.5 Å². The number of nitrogens with zero attached hydrogens (tertiary/aromatic N) is 7. The molecule has 0 N–H and O–H groups in total. The summed E-state index contributed by atoms with van der Waals surface area (Å²) >= 11 is 0. The zero-order chi connectivity index (χ0) is 16.1. The number of hydrogen-bond donors (Lipinski definition) is 0. The SMILES string of the molecule is CN1CCN(c2c3cnccc3nc3c2nc2cnccn23)CC1. The molecule has 1 saturated heterocycles. The molecule has 0 spiro atoms. The smallest absolute Gasteiger partial charge is 0.167 e. The van der Waals surface area contributed by atoms with E-state index in [1.54, 1.807) is 18.6 Å². The molecule has 24 heavy (non-hydrogen) atoms. The maximum Gasteiger partial charge on any atom is 0.167 e. The molecule has 7 heteroatoms. The van der Waals surface area contributed by atoms with E-state index in [0.717, 1.165) is 59.6 Å². The highest BCUT2D eigenvalue weighted by atomic mass is 15.3. The first-order valence-corrected chi connectivity index (χ1v) is 8.10. The van der Waals surface area contributed by atoms with Gasteiger partial charge < -0.3 is 9.80 Å². The normalized spacial score (nSPS) is 16.5. The maximum absolute atomic E-state index is 4.83. The largest absolute Gasteiger partial charge is 0.367 e. The minimum absolute atomic E-state index is 0.818. The van der Waals surface area contributed by atoms with Crippen LogP contribution in [0, 0.1) is 0 Å². The molecule has 0 saturated carbocycles. The predicted octanol–water partition coefficient (Wildman–Crippen LogP) is 1.58. The van der Waals surface area contributed by atoms with Gasteiger partial charge in [0, 0.05) is 56.4 Å². The molecule has 4 aromatic rings. The fourth-order valence-electron chi connectivity index (χ4n) is 3.42. The summed E-state index contributed by atoms with van der Waals surface area (Å²) in [6, 6.07) is 1.97. The molecule has 0 bridgehead atoms. The average molecular weight is 319 g/mol. The van der Waals surface area contributed by atoms with E-state index >= 15 is 0 Å². The molecule has 1 aliphatic rings. The molecular formula is C17H17N7. The van der Waals surface area contributed by atoms with Crippen molar-refractivity contribution in [3.63, 3.8) is 0 Å². The van der Waals surface area contributed by atoms with Crippen LogP contribution < -0.4 is 4.90 Å². The van der Waals surface area contributed by atoms with Crippen molar-refractivity contribution in [2.24, 2.45) is 0 Å². The molecule has 1 fully saturated rings. The van der Waals surface area contributed by atoms with Gasteiger partial charge in [-0.15, -0.1) is 0 Å². The van der Waals surface area contributed by atoms with Crippen molar-refractivity contribution in [1.82, 2.24) is 29.2 Å². The standard InChI is InChI=1S/C17H17N7/c1-22-6-8-23(9-7-22)16-12-10-18-3-2-13(12)20-17-15(16)21-14-11-19-4-5-24(14)17/h2-5,10-11H,6-9H2,1H3. The van der Waals surface area contributed by atoms with Gasteiger partial charge in [0.25, 0.3) is 0 Å². The fourth-order valence-corrected chi connectivity index (χ4v) is 3.42. The van der Waals surface area contributed by atoms with Crippen molar-refractivity contribution < 1.29 is 0 Å². The van der Waals surface area contributed by atoms with Gasteiger partial charge in [0.1, 0.15) is 5.52 Å². The Hall–Kier alpha value is -2.80. The maximum atomic E-state index is 4.83. The highest BCUT2D eigenvalue weighted by Gasteiger charge is 2.22. The molecule has 5 heterocycles. The zero-order valence-electron chi connectivity index (χ0n) is 13.4. The molecule has 0 amide bonds. The van der Waals surface area contributed by atoms with E-state index in [1.165, 1.54) is 0 Å². The molecule has 0 atom stereocenters. The second-order valence-electron chi connectivity index (χ2n) is 6.23. The molecule has 7 nitrogen and oxygen atoms in total. The summed E-state index contributed by atoms with van der Waals surface area (Å²) in [5.74, 6) is 0. The van der Waals surface area contributed by atoms with Crippen molar-refractivity contribution in [2.75, 3.05) is 38.1 Å². The highest BCUT2D eigenvalue weighted by molar-refractivity contribution is 6.06. The summed E-state index contributed by atoms with van der Waals surface area (Å²) in [4.78, 5) is 22.9. The van der Waals surface area contributed by atoms with E-state index in [4.69, 9.17) is 9.97 Å². The third-order valence-electron chi connectivity index (χ3n) is 4.73. The summed E-state index contributed by atoms with van der Waals surface area (Å²) in [6.07, 6.45) is 9.15. The second-order valence-corrected chi connectivity index (χ2v) is 6.23. The fraction of sp³-hybridized carbons (Fsp3) is 0.294. The van der Waals surface area contributed by atoms with Crippen molar-refractivity contribution in [3.8, 4) is 0 Å². The van der Waals surface area contributed by atoms with Gasteiger partial charge in [-0.2, -0.15) is 0 Å². The van der Waals surface area contributed by atoms with E-state index in [1.807, 2.05) is 22.9 Å². The van der Waals surface area contributed by atoms with Crippen molar-refractivity contribution in [1.29, 1.82) is 0 Å². The van der Waals surface area contributed by atoms with Gasteiger partial charge in [0.2, 0.25) is 0 Å². The Balaban J connectivity index is 1.86. The number of piperazine rings is 1. The van der Waals surface area contributed by atoms with Gasteiger partial charge in [0.15, 0.2) is 11.3 Å². The number of pyridine rings is 2. The number of fused-ring (bicyclic) bond motifs is 4. The van der Waals surface area contributed by atoms with E-state index in [2.05, 4.69) is 26.8 Å². The first kappa shape index (κ1) is 13.6. The van der Waals surface area contributed by atoms with E-state index in [-0.39, 0.29) is 0 Å². The summed E-state index contributed by atoms with van der Waals surface area (Å²) < 4.78 is 2.00.